The molecule has 0 aromatic carbocycles. The third-order valence-electron chi connectivity index (χ3n) is 5.48. The van der Waals surface area contributed by atoms with Gasteiger partial charge in [0.2, 0.25) is 0 Å². The van der Waals surface area contributed by atoms with Crippen LogP contribution < -0.4 is 0 Å². The molecule has 1 aliphatic carbocycles. The summed E-state index contributed by atoms with van der Waals surface area (Å²) in [7, 11) is 0. The summed E-state index contributed by atoms with van der Waals surface area (Å²) in [5.41, 5.74) is 0.0860. The molecule has 2 fully saturated rings. The van der Waals surface area contributed by atoms with Crippen LogP contribution in [0.2, 0.25) is 0 Å². The highest BCUT2D eigenvalue weighted by Crippen LogP contribution is 2.43. The van der Waals surface area contributed by atoms with Gasteiger partial charge in [-0.25, -0.2) is 0 Å². The van der Waals surface area contributed by atoms with Gasteiger partial charge in [-0.05, 0) is 59.0 Å². The van der Waals surface area contributed by atoms with Crippen LogP contribution in [0, 0.1) is 0 Å². The lowest BCUT2D eigenvalue weighted by atomic mass is 9.89. The highest BCUT2D eigenvalue weighted by atomic mass is 16.6. The Balaban J connectivity index is 1.88. The smallest absolute Gasteiger partial charge is 0.109 e. The van der Waals surface area contributed by atoms with Crippen molar-refractivity contribution < 1.29 is 19.7 Å². The highest BCUT2D eigenvalue weighted by molar-refractivity contribution is 5.31. The van der Waals surface area contributed by atoms with E-state index in [-0.39, 0.29) is 24.4 Å². The second-order valence-corrected chi connectivity index (χ2v) is 8.30. The quantitative estimate of drug-likeness (QED) is 0.528. The van der Waals surface area contributed by atoms with Gasteiger partial charge in [-0.3, -0.25) is 0 Å². The van der Waals surface area contributed by atoms with Crippen molar-refractivity contribution in [3.05, 3.63) is 35.5 Å². The molecule has 2 saturated heterocycles. The molecule has 24 heavy (non-hydrogen) atoms. The summed E-state index contributed by atoms with van der Waals surface area (Å²) in [6.07, 6.45) is 11.2. The van der Waals surface area contributed by atoms with Crippen LogP contribution in [-0.4, -0.2) is 45.8 Å². The average molecular weight is 334 g/mol. The van der Waals surface area contributed by atoms with Crippen LogP contribution in [0.25, 0.3) is 0 Å². The standard InChI is InChI=1S/C20H30O4/c1-14-6-7-17-20(4,24-17)10-5-9-18(2,21)11-8-15-16(12-14)23-13-19(15,3)22/h5,8-9,12,16-17,21-22H,6-7,10-11,13H2,1-4H3/b9-5+,14-12+,15-8+/t16-,17-,18-,19-,20-/m0/s1. The third kappa shape index (κ3) is 3.83. The maximum absolute atomic E-state index is 10.6. The molecule has 2 heterocycles. The SMILES string of the molecule is C/C1=C\[C@@H]2OC[C@](C)(O)/C2=C/C[C@@](C)(O)/C=C/C[C@]2(C)O[C@H]2CC1. The number of aliphatic hydroxyl groups is 2. The zero-order valence-electron chi connectivity index (χ0n) is 15.2. The van der Waals surface area contributed by atoms with Gasteiger partial charge in [-0.2, -0.15) is 0 Å². The van der Waals surface area contributed by atoms with Crippen molar-refractivity contribution in [2.24, 2.45) is 0 Å². The van der Waals surface area contributed by atoms with Crippen LogP contribution >= 0.6 is 0 Å². The van der Waals surface area contributed by atoms with E-state index in [0.717, 1.165) is 24.8 Å². The zero-order chi connectivity index (χ0) is 17.6. The molecule has 0 saturated carbocycles. The number of fused-ring (bicyclic) bond motifs is 2. The van der Waals surface area contributed by atoms with Gasteiger partial charge in [0.15, 0.2) is 0 Å². The van der Waals surface area contributed by atoms with Crippen molar-refractivity contribution in [2.45, 2.75) is 82.4 Å². The summed E-state index contributed by atoms with van der Waals surface area (Å²) in [6.45, 7) is 8.10. The van der Waals surface area contributed by atoms with E-state index in [1.807, 2.05) is 18.2 Å². The number of allylic oxidation sites excluding steroid dienone is 1. The van der Waals surface area contributed by atoms with Gasteiger partial charge in [0, 0.05) is 0 Å². The van der Waals surface area contributed by atoms with Gasteiger partial charge >= 0.3 is 0 Å². The third-order valence-corrected chi connectivity index (χ3v) is 5.48. The maximum atomic E-state index is 10.6. The monoisotopic (exact) mass is 334 g/mol. The number of hydrogen-bond acceptors (Lipinski definition) is 4. The molecule has 4 nitrogen and oxygen atoms in total. The molecule has 0 bridgehead atoms. The fourth-order valence-corrected chi connectivity index (χ4v) is 3.67. The summed E-state index contributed by atoms with van der Waals surface area (Å²) < 4.78 is 11.7. The number of ether oxygens (including phenoxy) is 2. The van der Waals surface area contributed by atoms with Gasteiger partial charge < -0.3 is 19.7 Å². The number of hydrogen-bond donors (Lipinski definition) is 2. The Morgan fingerprint density at radius 2 is 1.92 bits per heavy atom. The molecule has 0 aromatic rings. The Morgan fingerprint density at radius 1 is 1.17 bits per heavy atom. The van der Waals surface area contributed by atoms with E-state index in [1.165, 1.54) is 5.57 Å². The molecular weight excluding hydrogens is 304 g/mol. The zero-order valence-corrected chi connectivity index (χ0v) is 15.2. The van der Waals surface area contributed by atoms with Crippen molar-refractivity contribution in [1.29, 1.82) is 0 Å². The van der Waals surface area contributed by atoms with E-state index < -0.39 is 11.2 Å². The first-order valence-corrected chi connectivity index (χ1v) is 8.91. The maximum Gasteiger partial charge on any atom is 0.109 e. The first-order chi connectivity index (χ1) is 11.1. The minimum Gasteiger partial charge on any atom is -0.386 e. The molecule has 3 rings (SSSR count). The summed E-state index contributed by atoms with van der Waals surface area (Å²) in [5, 5.41) is 21.2. The molecule has 0 radical (unpaired) electrons. The molecule has 2 N–H and O–H groups in total. The molecule has 134 valence electrons. The Kier molecular flexibility index (Phi) is 4.54. The normalized spacial score (nSPS) is 52.1. The van der Waals surface area contributed by atoms with Gasteiger partial charge in [0.05, 0.1) is 30.0 Å². The van der Waals surface area contributed by atoms with E-state index >= 15 is 0 Å². The molecular formula is C20H30O4. The summed E-state index contributed by atoms with van der Waals surface area (Å²) in [4.78, 5) is 0. The Bertz CT molecular complexity index is 584. The van der Waals surface area contributed by atoms with E-state index in [0.29, 0.717) is 6.42 Å². The Morgan fingerprint density at radius 3 is 2.67 bits per heavy atom. The van der Waals surface area contributed by atoms with Crippen LogP contribution in [0.5, 0.6) is 0 Å². The average Bonchev–Trinajstić information content (AvgIpc) is 3.02. The highest BCUT2D eigenvalue weighted by Gasteiger charge is 2.50. The van der Waals surface area contributed by atoms with E-state index in [2.05, 4.69) is 19.9 Å². The van der Waals surface area contributed by atoms with Gasteiger partial charge in [0.1, 0.15) is 5.60 Å². The predicted molar refractivity (Wildman–Crippen MR) is 93.7 cm³/mol. The van der Waals surface area contributed by atoms with E-state index in [1.54, 1.807) is 13.8 Å². The molecule has 5 atom stereocenters. The summed E-state index contributed by atoms with van der Waals surface area (Å²) in [6, 6.07) is 0. The fourth-order valence-electron chi connectivity index (χ4n) is 3.67. The molecule has 0 aromatic heterocycles. The molecule has 0 spiro atoms. The Hall–Kier alpha value is -0.940. The largest absolute Gasteiger partial charge is 0.386 e. The van der Waals surface area contributed by atoms with Crippen molar-refractivity contribution in [3.8, 4) is 0 Å². The van der Waals surface area contributed by atoms with E-state index in [9.17, 15) is 10.2 Å². The van der Waals surface area contributed by atoms with Crippen molar-refractivity contribution >= 4 is 0 Å². The van der Waals surface area contributed by atoms with Crippen LogP contribution in [-0.2, 0) is 9.47 Å². The van der Waals surface area contributed by atoms with Crippen LogP contribution in [0.1, 0.15) is 53.4 Å². The number of rotatable bonds is 0. The second kappa shape index (κ2) is 6.10. The number of epoxide rings is 1. The topological polar surface area (TPSA) is 62.2 Å². The van der Waals surface area contributed by atoms with Gasteiger partial charge in [0.25, 0.3) is 0 Å². The summed E-state index contributed by atoms with van der Waals surface area (Å²) in [5.74, 6) is 0. The first-order valence-electron chi connectivity index (χ1n) is 8.91. The summed E-state index contributed by atoms with van der Waals surface area (Å²) >= 11 is 0. The minimum atomic E-state index is -0.976. The second-order valence-electron chi connectivity index (χ2n) is 8.30. The predicted octanol–water partition coefficient (Wildman–Crippen LogP) is 3.05. The lowest BCUT2D eigenvalue weighted by molar-refractivity contribution is 0.0485. The molecule has 0 amide bonds. The molecule has 4 heteroatoms. The lowest BCUT2D eigenvalue weighted by Crippen LogP contribution is -2.28. The van der Waals surface area contributed by atoms with E-state index in [4.69, 9.17) is 9.47 Å². The molecule has 2 aliphatic heterocycles. The van der Waals surface area contributed by atoms with Crippen LogP contribution in [0.3, 0.4) is 0 Å². The Labute approximate surface area is 144 Å². The van der Waals surface area contributed by atoms with Gasteiger partial charge in [-0.1, -0.05) is 29.9 Å². The van der Waals surface area contributed by atoms with Crippen molar-refractivity contribution in [2.75, 3.05) is 6.61 Å². The van der Waals surface area contributed by atoms with Gasteiger partial charge in [-0.15, -0.1) is 0 Å². The van der Waals surface area contributed by atoms with Crippen molar-refractivity contribution in [3.63, 3.8) is 0 Å². The van der Waals surface area contributed by atoms with Crippen molar-refractivity contribution in [1.82, 2.24) is 0 Å². The lowest BCUT2D eigenvalue weighted by Gasteiger charge is -2.22. The van der Waals surface area contributed by atoms with Crippen LogP contribution in [0.4, 0.5) is 0 Å². The minimum absolute atomic E-state index is 0.0918. The fraction of sp³-hybridized carbons (Fsp3) is 0.700. The molecule has 0 unspecified atom stereocenters. The van der Waals surface area contributed by atoms with Crippen LogP contribution in [0.15, 0.2) is 35.5 Å². The molecule has 3 aliphatic rings. The first kappa shape index (κ1) is 17.9.